The average molecular weight is 205 g/mol. The molecule has 0 fully saturated rings. The summed E-state index contributed by atoms with van der Waals surface area (Å²) >= 11 is 0. The van der Waals surface area contributed by atoms with Crippen LogP contribution in [-0.4, -0.2) is 12.7 Å². The predicted molar refractivity (Wildman–Crippen MR) is 54.8 cm³/mol. The van der Waals surface area contributed by atoms with Crippen molar-refractivity contribution in [3.8, 4) is 6.07 Å². The topological polar surface area (TPSA) is 79.3 Å². The minimum atomic E-state index is -0.623. The van der Waals surface area contributed by atoms with Gasteiger partial charge in [-0.1, -0.05) is 0 Å². The Morgan fingerprint density at radius 2 is 2.13 bits per heavy atom. The number of carbonyl (C=O) groups excluding carboxylic acids is 1. The SMILES string of the molecule is CCOC(=O)N(N)c1ccc(C#N)cc1. The Morgan fingerprint density at radius 3 is 2.60 bits per heavy atom. The maximum atomic E-state index is 11.2. The molecule has 1 amide bonds. The summed E-state index contributed by atoms with van der Waals surface area (Å²) in [5.74, 6) is 5.49. The van der Waals surface area contributed by atoms with Crippen molar-refractivity contribution in [1.82, 2.24) is 0 Å². The Balaban J connectivity index is 2.79. The summed E-state index contributed by atoms with van der Waals surface area (Å²) in [7, 11) is 0. The van der Waals surface area contributed by atoms with E-state index < -0.39 is 6.09 Å². The third-order valence-corrected chi connectivity index (χ3v) is 1.74. The van der Waals surface area contributed by atoms with Crippen LogP contribution >= 0.6 is 0 Å². The van der Waals surface area contributed by atoms with Gasteiger partial charge in [-0.25, -0.2) is 15.6 Å². The first-order valence-corrected chi connectivity index (χ1v) is 4.40. The molecule has 0 aliphatic carbocycles. The second-order valence-electron chi connectivity index (χ2n) is 2.73. The molecule has 0 radical (unpaired) electrons. The van der Waals surface area contributed by atoms with Crippen molar-refractivity contribution in [2.24, 2.45) is 5.84 Å². The van der Waals surface area contributed by atoms with E-state index >= 15 is 0 Å². The highest BCUT2D eigenvalue weighted by Gasteiger charge is 2.11. The molecule has 0 aliphatic heterocycles. The van der Waals surface area contributed by atoms with E-state index in [1.165, 1.54) is 0 Å². The molecule has 0 heterocycles. The lowest BCUT2D eigenvalue weighted by atomic mass is 10.2. The second-order valence-corrected chi connectivity index (χ2v) is 2.73. The summed E-state index contributed by atoms with van der Waals surface area (Å²) in [6, 6.07) is 8.29. The Labute approximate surface area is 87.6 Å². The van der Waals surface area contributed by atoms with Crippen molar-refractivity contribution in [3.63, 3.8) is 0 Å². The van der Waals surface area contributed by atoms with E-state index in [0.717, 1.165) is 5.01 Å². The standard InChI is InChI=1S/C10H11N3O2/c1-2-15-10(14)13(12)9-5-3-8(7-11)4-6-9/h3-6H,2,12H2,1H3. The monoisotopic (exact) mass is 205 g/mol. The molecule has 0 bridgehead atoms. The van der Waals surface area contributed by atoms with E-state index in [4.69, 9.17) is 15.8 Å². The first kappa shape index (κ1) is 11.0. The van der Waals surface area contributed by atoms with Gasteiger partial charge in [0.25, 0.3) is 0 Å². The van der Waals surface area contributed by atoms with Gasteiger partial charge in [0.05, 0.1) is 23.9 Å². The van der Waals surface area contributed by atoms with Gasteiger partial charge in [-0.2, -0.15) is 5.26 Å². The predicted octanol–water partition coefficient (Wildman–Crippen LogP) is 1.39. The van der Waals surface area contributed by atoms with Crippen molar-refractivity contribution < 1.29 is 9.53 Å². The number of nitrogens with two attached hydrogens (primary N) is 1. The van der Waals surface area contributed by atoms with Crippen LogP contribution in [0.3, 0.4) is 0 Å². The summed E-state index contributed by atoms with van der Waals surface area (Å²) in [6.45, 7) is 1.97. The number of hydrogen-bond donors (Lipinski definition) is 1. The summed E-state index contributed by atoms with van der Waals surface area (Å²) in [6.07, 6.45) is -0.623. The molecule has 0 saturated carbocycles. The van der Waals surface area contributed by atoms with Crippen molar-refractivity contribution in [1.29, 1.82) is 5.26 Å². The molecule has 0 unspecified atom stereocenters. The van der Waals surface area contributed by atoms with E-state index in [9.17, 15) is 4.79 Å². The number of nitriles is 1. The molecule has 5 nitrogen and oxygen atoms in total. The van der Waals surface area contributed by atoms with Gasteiger partial charge in [0, 0.05) is 0 Å². The van der Waals surface area contributed by atoms with Gasteiger partial charge >= 0.3 is 6.09 Å². The van der Waals surface area contributed by atoms with Gasteiger partial charge in [-0.3, -0.25) is 0 Å². The molecule has 0 spiro atoms. The smallest absolute Gasteiger partial charge is 0.428 e. The van der Waals surface area contributed by atoms with Crippen LogP contribution in [0.4, 0.5) is 10.5 Å². The number of amides is 1. The van der Waals surface area contributed by atoms with Crippen LogP contribution in [0.2, 0.25) is 0 Å². The molecule has 15 heavy (non-hydrogen) atoms. The lowest BCUT2D eigenvalue weighted by Crippen LogP contribution is -2.37. The minimum absolute atomic E-state index is 0.267. The van der Waals surface area contributed by atoms with Gasteiger partial charge in [0.15, 0.2) is 0 Å². The van der Waals surface area contributed by atoms with Crippen LogP contribution < -0.4 is 10.9 Å². The normalized spacial score (nSPS) is 9.13. The fraction of sp³-hybridized carbons (Fsp3) is 0.200. The molecule has 0 atom stereocenters. The van der Waals surface area contributed by atoms with E-state index in [0.29, 0.717) is 11.3 Å². The number of benzene rings is 1. The number of nitrogens with zero attached hydrogens (tertiary/aromatic N) is 2. The van der Waals surface area contributed by atoms with Gasteiger partial charge in [0.1, 0.15) is 0 Å². The van der Waals surface area contributed by atoms with Crippen molar-refractivity contribution in [2.75, 3.05) is 11.6 Å². The Kier molecular flexibility index (Phi) is 3.66. The second kappa shape index (κ2) is 4.98. The zero-order valence-corrected chi connectivity index (χ0v) is 8.30. The van der Waals surface area contributed by atoms with E-state index in [-0.39, 0.29) is 6.61 Å². The number of anilines is 1. The molecular weight excluding hydrogens is 194 g/mol. The zero-order valence-electron chi connectivity index (χ0n) is 8.30. The molecule has 0 aliphatic rings. The highest BCUT2D eigenvalue weighted by molar-refractivity contribution is 5.86. The van der Waals surface area contributed by atoms with Crippen LogP contribution in [0.1, 0.15) is 12.5 Å². The fourth-order valence-electron chi connectivity index (χ4n) is 0.995. The molecule has 2 N–H and O–H groups in total. The van der Waals surface area contributed by atoms with Crippen LogP contribution in [0, 0.1) is 11.3 Å². The maximum absolute atomic E-state index is 11.2. The number of hydrogen-bond acceptors (Lipinski definition) is 4. The Bertz CT molecular complexity index is 381. The molecule has 1 aromatic carbocycles. The molecule has 5 heteroatoms. The number of carbonyl (C=O) groups is 1. The van der Waals surface area contributed by atoms with Gasteiger partial charge in [0.2, 0.25) is 0 Å². The summed E-state index contributed by atoms with van der Waals surface area (Å²) in [5, 5.41) is 9.47. The highest BCUT2D eigenvalue weighted by Crippen LogP contribution is 2.12. The lowest BCUT2D eigenvalue weighted by Gasteiger charge is -2.15. The first-order valence-electron chi connectivity index (χ1n) is 4.40. The molecule has 1 aromatic rings. The fourth-order valence-corrected chi connectivity index (χ4v) is 0.995. The van der Waals surface area contributed by atoms with Crippen LogP contribution in [0.25, 0.3) is 0 Å². The summed E-state index contributed by atoms with van der Waals surface area (Å²) in [4.78, 5) is 11.2. The van der Waals surface area contributed by atoms with E-state index in [1.807, 2.05) is 6.07 Å². The van der Waals surface area contributed by atoms with Crippen molar-refractivity contribution in [2.45, 2.75) is 6.92 Å². The largest absolute Gasteiger partial charge is 0.449 e. The Morgan fingerprint density at radius 1 is 1.53 bits per heavy atom. The number of ether oxygens (including phenoxy) is 1. The van der Waals surface area contributed by atoms with Gasteiger partial charge < -0.3 is 4.74 Å². The van der Waals surface area contributed by atoms with Gasteiger partial charge in [-0.05, 0) is 31.2 Å². The quantitative estimate of drug-likeness (QED) is 0.449. The highest BCUT2D eigenvalue weighted by atomic mass is 16.6. The summed E-state index contributed by atoms with van der Waals surface area (Å²) in [5.41, 5.74) is 0.989. The molecule has 78 valence electrons. The Hall–Kier alpha value is -2.06. The lowest BCUT2D eigenvalue weighted by molar-refractivity contribution is 0.160. The van der Waals surface area contributed by atoms with Gasteiger partial charge in [-0.15, -0.1) is 0 Å². The third kappa shape index (κ3) is 2.69. The summed E-state index contributed by atoms with van der Waals surface area (Å²) < 4.78 is 4.71. The number of hydrazine groups is 1. The van der Waals surface area contributed by atoms with Crippen molar-refractivity contribution in [3.05, 3.63) is 29.8 Å². The molecular formula is C10H11N3O2. The molecule has 0 saturated heterocycles. The maximum Gasteiger partial charge on any atom is 0.428 e. The van der Waals surface area contributed by atoms with Crippen LogP contribution in [-0.2, 0) is 4.74 Å². The van der Waals surface area contributed by atoms with Crippen LogP contribution in [0.5, 0.6) is 0 Å². The van der Waals surface area contributed by atoms with Crippen molar-refractivity contribution >= 4 is 11.8 Å². The van der Waals surface area contributed by atoms with E-state index in [1.54, 1.807) is 31.2 Å². The zero-order chi connectivity index (χ0) is 11.3. The molecule has 1 rings (SSSR count). The van der Waals surface area contributed by atoms with Crippen LogP contribution in [0.15, 0.2) is 24.3 Å². The van der Waals surface area contributed by atoms with E-state index in [2.05, 4.69) is 0 Å². The number of rotatable bonds is 2. The third-order valence-electron chi connectivity index (χ3n) is 1.74. The minimum Gasteiger partial charge on any atom is -0.449 e. The molecule has 0 aromatic heterocycles. The first-order chi connectivity index (χ1) is 7.19. The average Bonchev–Trinajstić information content (AvgIpc) is 2.28.